The zero-order valence-corrected chi connectivity index (χ0v) is 17.9. The second-order valence-corrected chi connectivity index (χ2v) is 8.87. The summed E-state index contributed by atoms with van der Waals surface area (Å²) in [5.41, 5.74) is 1.28. The number of fused-ring (bicyclic) bond motifs is 1. The molecule has 0 N–H and O–H groups in total. The summed E-state index contributed by atoms with van der Waals surface area (Å²) in [4.78, 5) is 0. The Bertz CT molecular complexity index is 1040. The van der Waals surface area contributed by atoms with Crippen LogP contribution in [0.4, 0.5) is 17.6 Å². The third kappa shape index (κ3) is 4.63. The van der Waals surface area contributed by atoms with Crippen molar-refractivity contribution in [3.05, 3.63) is 71.3 Å². The molecule has 1 fully saturated rings. The van der Waals surface area contributed by atoms with Gasteiger partial charge in [0.1, 0.15) is 5.82 Å². The first-order valence-electron chi connectivity index (χ1n) is 11.3. The lowest BCUT2D eigenvalue weighted by molar-refractivity contribution is 0.303. The van der Waals surface area contributed by atoms with Crippen LogP contribution in [0.15, 0.2) is 42.5 Å². The van der Waals surface area contributed by atoms with Crippen molar-refractivity contribution >= 4 is 10.8 Å². The lowest BCUT2D eigenvalue weighted by atomic mass is 9.76. The number of hydrogen-bond donors (Lipinski definition) is 0. The summed E-state index contributed by atoms with van der Waals surface area (Å²) in [6.45, 7) is 2.23. The van der Waals surface area contributed by atoms with E-state index in [0.717, 1.165) is 36.3 Å². The summed E-state index contributed by atoms with van der Waals surface area (Å²) in [6.07, 6.45) is 10.1. The van der Waals surface area contributed by atoms with E-state index in [-0.39, 0.29) is 11.1 Å². The first-order chi connectivity index (χ1) is 15.0. The highest BCUT2D eigenvalue weighted by molar-refractivity contribution is 5.89. The molecule has 31 heavy (non-hydrogen) atoms. The van der Waals surface area contributed by atoms with Gasteiger partial charge in [-0.3, -0.25) is 0 Å². The van der Waals surface area contributed by atoms with Gasteiger partial charge in [0.2, 0.25) is 0 Å². The van der Waals surface area contributed by atoms with Crippen LogP contribution in [-0.4, -0.2) is 0 Å². The zero-order valence-electron chi connectivity index (χ0n) is 17.9. The van der Waals surface area contributed by atoms with Crippen molar-refractivity contribution in [3.8, 4) is 11.1 Å². The van der Waals surface area contributed by atoms with Crippen LogP contribution in [0.3, 0.4) is 0 Å². The molecule has 0 radical (unpaired) electrons. The molecule has 0 amide bonds. The molecule has 0 unspecified atom stereocenters. The molecule has 0 saturated heterocycles. The van der Waals surface area contributed by atoms with Gasteiger partial charge in [0.05, 0.1) is 0 Å². The van der Waals surface area contributed by atoms with Gasteiger partial charge < -0.3 is 0 Å². The van der Waals surface area contributed by atoms with Gasteiger partial charge in [-0.05, 0) is 66.2 Å². The first-order valence-corrected chi connectivity index (χ1v) is 11.3. The Hall–Kier alpha value is -2.36. The molecule has 4 rings (SSSR count). The van der Waals surface area contributed by atoms with E-state index in [1.165, 1.54) is 50.2 Å². The molecule has 4 heteroatoms. The van der Waals surface area contributed by atoms with Gasteiger partial charge in [0.15, 0.2) is 17.5 Å². The number of unbranched alkanes of at least 4 members (excludes halogenated alkanes) is 2. The summed E-state index contributed by atoms with van der Waals surface area (Å²) in [7, 11) is 0. The Morgan fingerprint density at radius 3 is 2.16 bits per heavy atom. The SMILES string of the molecule is CCCCCC1CCC(c2ccc3c(F)c(-c4cc(F)c(F)c(F)c4)ccc3c2)CC1. The quantitative estimate of drug-likeness (QED) is 0.209. The molecule has 0 bridgehead atoms. The van der Waals surface area contributed by atoms with E-state index in [1.807, 2.05) is 12.1 Å². The second kappa shape index (κ2) is 9.42. The van der Waals surface area contributed by atoms with Crippen LogP contribution >= 0.6 is 0 Å². The summed E-state index contributed by atoms with van der Waals surface area (Å²) in [6, 6.07) is 10.7. The van der Waals surface area contributed by atoms with Crippen LogP contribution < -0.4 is 0 Å². The maximum Gasteiger partial charge on any atom is 0.194 e. The maximum atomic E-state index is 15.2. The van der Waals surface area contributed by atoms with E-state index < -0.39 is 23.3 Å². The van der Waals surface area contributed by atoms with Gasteiger partial charge in [-0.25, -0.2) is 17.6 Å². The molecule has 1 aliphatic rings. The molecule has 1 aliphatic carbocycles. The highest BCUT2D eigenvalue weighted by atomic mass is 19.2. The van der Waals surface area contributed by atoms with Crippen molar-refractivity contribution < 1.29 is 17.6 Å². The Balaban J connectivity index is 1.54. The minimum Gasteiger partial charge on any atom is -0.206 e. The molecule has 0 spiro atoms. The minimum absolute atomic E-state index is 0.0127. The summed E-state index contributed by atoms with van der Waals surface area (Å²) < 4.78 is 55.6. The number of halogens is 4. The minimum atomic E-state index is -1.55. The van der Waals surface area contributed by atoms with E-state index >= 15 is 4.39 Å². The molecule has 0 aromatic heterocycles. The number of rotatable bonds is 6. The van der Waals surface area contributed by atoms with Crippen LogP contribution in [0.25, 0.3) is 21.9 Å². The summed E-state index contributed by atoms with van der Waals surface area (Å²) in [5.74, 6) is -3.41. The van der Waals surface area contributed by atoms with Crippen molar-refractivity contribution in [2.75, 3.05) is 0 Å². The lowest BCUT2D eigenvalue weighted by Crippen LogP contribution is -2.13. The molecule has 0 nitrogen and oxygen atoms in total. The molecule has 0 heterocycles. The van der Waals surface area contributed by atoms with Crippen LogP contribution in [-0.2, 0) is 0 Å². The van der Waals surface area contributed by atoms with Crippen molar-refractivity contribution in [3.63, 3.8) is 0 Å². The van der Waals surface area contributed by atoms with Gasteiger partial charge >= 0.3 is 0 Å². The maximum absolute atomic E-state index is 15.2. The summed E-state index contributed by atoms with van der Waals surface area (Å²) in [5, 5.41) is 1.17. The van der Waals surface area contributed by atoms with Crippen LogP contribution in [0.5, 0.6) is 0 Å². The molecular formula is C27H28F4. The topological polar surface area (TPSA) is 0 Å². The van der Waals surface area contributed by atoms with Gasteiger partial charge in [-0.2, -0.15) is 0 Å². The van der Waals surface area contributed by atoms with Crippen LogP contribution in [0, 0.1) is 29.2 Å². The lowest BCUT2D eigenvalue weighted by Gasteiger charge is -2.29. The van der Waals surface area contributed by atoms with Crippen molar-refractivity contribution in [2.24, 2.45) is 5.92 Å². The fourth-order valence-electron chi connectivity index (χ4n) is 4.97. The summed E-state index contributed by atoms with van der Waals surface area (Å²) >= 11 is 0. The second-order valence-electron chi connectivity index (χ2n) is 8.87. The number of benzene rings is 3. The zero-order chi connectivity index (χ0) is 22.0. The predicted octanol–water partition coefficient (Wildman–Crippen LogP) is 8.92. The van der Waals surface area contributed by atoms with Gasteiger partial charge in [-0.15, -0.1) is 0 Å². The van der Waals surface area contributed by atoms with Gasteiger partial charge in [0.25, 0.3) is 0 Å². The van der Waals surface area contributed by atoms with Gasteiger partial charge in [0, 0.05) is 10.9 Å². The third-order valence-electron chi connectivity index (χ3n) is 6.81. The van der Waals surface area contributed by atoms with E-state index in [0.29, 0.717) is 11.3 Å². The van der Waals surface area contributed by atoms with E-state index in [9.17, 15) is 13.2 Å². The molecule has 1 saturated carbocycles. The fraction of sp³-hybridized carbons (Fsp3) is 0.407. The largest absolute Gasteiger partial charge is 0.206 e. The average molecular weight is 429 g/mol. The highest BCUT2D eigenvalue weighted by Gasteiger charge is 2.23. The van der Waals surface area contributed by atoms with E-state index in [2.05, 4.69) is 6.92 Å². The third-order valence-corrected chi connectivity index (χ3v) is 6.81. The standard InChI is InChI=1S/C27H28F4/c1-2-3-4-5-17-6-8-18(9-7-17)19-10-12-22-20(14-19)11-13-23(26(22)30)21-15-24(28)27(31)25(29)16-21/h10-18H,2-9H2,1H3. The van der Waals surface area contributed by atoms with E-state index in [1.54, 1.807) is 12.1 Å². The smallest absolute Gasteiger partial charge is 0.194 e. The van der Waals surface area contributed by atoms with Crippen LogP contribution in [0.2, 0.25) is 0 Å². The molecule has 3 aromatic carbocycles. The first kappa shape index (κ1) is 21.9. The monoisotopic (exact) mass is 428 g/mol. The highest BCUT2D eigenvalue weighted by Crippen LogP contribution is 2.39. The molecule has 0 aliphatic heterocycles. The Morgan fingerprint density at radius 1 is 0.774 bits per heavy atom. The van der Waals surface area contributed by atoms with Gasteiger partial charge in [-0.1, -0.05) is 62.9 Å². The number of hydrogen-bond acceptors (Lipinski definition) is 0. The normalized spacial score (nSPS) is 19.1. The fourth-order valence-corrected chi connectivity index (χ4v) is 4.97. The molecule has 0 atom stereocenters. The molecule has 3 aromatic rings. The Morgan fingerprint density at radius 2 is 1.48 bits per heavy atom. The van der Waals surface area contributed by atoms with Crippen molar-refractivity contribution in [2.45, 2.75) is 64.2 Å². The molecular weight excluding hydrogens is 400 g/mol. The Kier molecular flexibility index (Phi) is 6.64. The van der Waals surface area contributed by atoms with E-state index in [4.69, 9.17) is 0 Å². The molecule has 164 valence electrons. The van der Waals surface area contributed by atoms with Crippen LogP contribution in [0.1, 0.15) is 69.8 Å². The van der Waals surface area contributed by atoms with Crippen molar-refractivity contribution in [1.82, 2.24) is 0 Å². The average Bonchev–Trinajstić information content (AvgIpc) is 2.78. The Labute approximate surface area is 181 Å². The predicted molar refractivity (Wildman–Crippen MR) is 118 cm³/mol. The van der Waals surface area contributed by atoms with Crippen molar-refractivity contribution in [1.29, 1.82) is 0 Å².